The molecule has 1 aliphatic rings. The van der Waals surface area contributed by atoms with Crippen molar-refractivity contribution in [2.24, 2.45) is 22.9 Å². The number of rotatable bonds is 7. The molecule has 0 saturated carbocycles. The smallest absolute Gasteiger partial charge is 0.252 e. The van der Waals surface area contributed by atoms with E-state index in [-0.39, 0.29) is 17.9 Å². The first-order valence-electron chi connectivity index (χ1n) is 8.35. The Morgan fingerprint density at radius 1 is 1.33 bits per heavy atom. The van der Waals surface area contributed by atoms with Gasteiger partial charge in [-0.2, -0.15) is 0 Å². The first-order chi connectivity index (χ1) is 12.8. The largest absolute Gasteiger partial charge is 0.386 e. The maximum Gasteiger partial charge on any atom is 0.252 e. The standard InChI is InChI=1S/C17H25FN8O/c18-11-9-26(15(22)4-3-14(20)21)7-5-12(11)25-16(10(8-19)17(23)27)13-2-1-6-24-13/h1-4,6,8,11-12,19,24-25H,5,7,9,20-22H2,(H2,23,27)/b15-4+,16-10-,19-8?/t11-,12+/m0/s1. The molecule has 146 valence electrons. The monoisotopic (exact) mass is 376 g/mol. The highest BCUT2D eigenvalue weighted by atomic mass is 19.1. The van der Waals surface area contributed by atoms with Crippen molar-refractivity contribution in [1.82, 2.24) is 15.2 Å². The number of aromatic nitrogens is 1. The third-order valence-electron chi connectivity index (χ3n) is 4.23. The highest BCUT2D eigenvalue weighted by Crippen LogP contribution is 2.21. The van der Waals surface area contributed by atoms with E-state index >= 15 is 0 Å². The molecular formula is C17H25FN8O. The number of piperidine rings is 1. The van der Waals surface area contributed by atoms with Crippen LogP contribution in [0, 0.1) is 5.41 Å². The third-order valence-corrected chi connectivity index (χ3v) is 4.23. The molecule has 2 rings (SSSR count). The molecule has 9 nitrogen and oxygen atoms in total. The Labute approximate surface area is 156 Å². The minimum Gasteiger partial charge on any atom is -0.386 e. The molecule has 0 bridgehead atoms. The Balaban J connectivity index is 2.17. The SMILES string of the molecule is N=C/C(C(N)=O)=C(/N[C@@H]1CCN(/C(N)=C/C=C(N)N)C[C@@H]1F)c1ccc[nH]1. The van der Waals surface area contributed by atoms with E-state index in [0.717, 1.165) is 6.21 Å². The number of nitrogens with zero attached hydrogens (tertiary/aromatic N) is 1. The Morgan fingerprint density at radius 3 is 2.59 bits per heavy atom. The zero-order chi connectivity index (χ0) is 20.0. The number of nitrogens with one attached hydrogen (secondary N) is 3. The minimum atomic E-state index is -1.27. The second-order valence-electron chi connectivity index (χ2n) is 6.14. The van der Waals surface area contributed by atoms with E-state index in [0.29, 0.717) is 30.2 Å². The maximum absolute atomic E-state index is 14.8. The third kappa shape index (κ3) is 5.03. The number of primary amides is 1. The van der Waals surface area contributed by atoms with Gasteiger partial charge in [0.25, 0.3) is 5.91 Å². The summed E-state index contributed by atoms with van der Waals surface area (Å²) in [6, 6.07) is 2.87. The molecular weight excluding hydrogens is 351 g/mol. The number of nitrogens with two attached hydrogens (primary N) is 4. The second kappa shape index (κ2) is 8.79. The first-order valence-corrected chi connectivity index (χ1v) is 8.35. The molecule has 27 heavy (non-hydrogen) atoms. The van der Waals surface area contributed by atoms with Crippen LogP contribution in [0.25, 0.3) is 5.70 Å². The molecule has 0 spiro atoms. The van der Waals surface area contributed by atoms with Gasteiger partial charge in [-0.15, -0.1) is 0 Å². The summed E-state index contributed by atoms with van der Waals surface area (Å²) in [6.07, 6.45) is 4.65. The lowest BCUT2D eigenvalue weighted by Gasteiger charge is -2.37. The van der Waals surface area contributed by atoms with E-state index in [1.54, 1.807) is 23.2 Å². The van der Waals surface area contributed by atoms with Gasteiger partial charge in [-0.3, -0.25) is 4.79 Å². The zero-order valence-corrected chi connectivity index (χ0v) is 14.8. The van der Waals surface area contributed by atoms with Crippen molar-refractivity contribution in [2.45, 2.75) is 18.6 Å². The molecule has 10 heteroatoms. The number of halogens is 1. The van der Waals surface area contributed by atoms with Crippen LogP contribution in [0.1, 0.15) is 12.1 Å². The molecule has 0 radical (unpaired) electrons. The molecule has 0 aliphatic carbocycles. The van der Waals surface area contributed by atoms with Gasteiger partial charge in [0.15, 0.2) is 0 Å². The molecule has 1 saturated heterocycles. The van der Waals surface area contributed by atoms with Gasteiger partial charge >= 0.3 is 0 Å². The molecule has 1 aromatic rings. The van der Waals surface area contributed by atoms with Gasteiger partial charge in [0.1, 0.15) is 6.17 Å². The van der Waals surface area contributed by atoms with E-state index in [1.807, 2.05) is 0 Å². The fourth-order valence-electron chi connectivity index (χ4n) is 2.83. The minimum absolute atomic E-state index is 0.0324. The van der Waals surface area contributed by atoms with Crippen molar-refractivity contribution >= 4 is 17.8 Å². The van der Waals surface area contributed by atoms with Gasteiger partial charge in [-0.05, 0) is 30.7 Å². The number of aromatic amines is 1. The molecule has 1 amide bonds. The molecule has 1 aromatic heterocycles. The van der Waals surface area contributed by atoms with Crippen LogP contribution in [0.5, 0.6) is 0 Å². The fraction of sp³-hybridized carbons (Fsp3) is 0.294. The van der Waals surface area contributed by atoms with Crippen LogP contribution in [0.15, 0.2) is 47.7 Å². The van der Waals surface area contributed by atoms with E-state index in [2.05, 4.69) is 10.3 Å². The first kappa shape index (κ1) is 19.9. The van der Waals surface area contributed by atoms with Gasteiger partial charge in [0.2, 0.25) is 0 Å². The molecule has 1 aliphatic heterocycles. The highest BCUT2D eigenvalue weighted by Gasteiger charge is 2.31. The number of H-pyrrole nitrogens is 1. The average Bonchev–Trinajstić information content (AvgIpc) is 3.14. The van der Waals surface area contributed by atoms with Gasteiger partial charge in [-0.1, -0.05) is 0 Å². The Bertz CT molecular complexity index is 764. The quantitative estimate of drug-likeness (QED) is 0.190. The van der Waals surface area contributed by atoms with Gasteiger partial charge in [-0.25, -0.2) is 4.39 Å². The predicted molar refractivity (Wildman–Crippen MR) is 102 cm³/mol. The lowest BCUT2D eigenvalue weighted by Crippen LogP contribution is -2.51. The van der Waals surface area contributed by atoms with Crippen molar-refractivity contribution in [3.63, 3.8) is 0 Å². The van der Waals surface area contributed by atoms with Crippen LogP contribution < -0.4 is 28.3 Å². The summed E-state index contributed by atoms with van der Waals surface area (Å²) in [7, 11) is 0. The number of hydrogen-bond donors (Lipinski definition) is 7. The van der Waals surface area contributed by atoms with Crippen LogP contribution in [0.4, 0.5) is 4.39 Å². The van der Waals surface area contributed by atoms with Crippen molar-refractivity contribution in [2.75, 3.05) is 13.1 Å². The molecule has 0 aromatic carbocycles. The van der Waals surface area contributed by atoms with Crippen LogP contribution in [0.3, 0.4) is 0 Å². The van der Waals surface area contributed by atoms with Crippen LogP contribution in [0.2, 0.25) is 0 Å². The van der Waals surface area contributed by atoms with E-state index < -0.39 is 18.1 Å². The summed E-state index contributed by atoms with van der Waals surface area (Å²) in [4.78, 5) is 16.3. The van der Waals surface area contributed by atoms with Crippen molar-refractivity contribution in [1.29, 1.82) is 5.41 Å². The van der Waals surface area contributed by atoms with Gasteiger partial charge in [0.05, 0.1) is 41.2 Å². The molecule has 2 heterocycles. The van der Waals surface area contributed by atoms with E-state index in [1.165, 1.54) is 12.2 Å². The number of hydrogen-bond acceptors (Lipinski definition) is 7. The van der Waals surface area contributed by atoms with Crippen LogP contribution in [-0.4, -0.2) is 47.3 Å². The summed E-state index contributed by atoms with van der Waals surface area (Å²) in [5.74, 6) is -0.298. The lowest BCUT2D eigenvalue weighted by molar-refractivity contribution is -0.114. The summed E-state index contributed by atoms with van der Waals surface area (Å²) >= 11 is 0. The molecule has 11 N–H and O–H groups in total. The van der Waals surface area contributed by atoms with E-state index in [4.69, 9.17) is 28.3 Å². The summed E-state index contributed by atoms with van der Waals surface area (Å²) in [6.45, 7) is 0.556. The highest BCUT2D eigenvalue weighted by molar-refractivity contribution is 6.16. The predicted octanol–water partition coefficient (Wildman–Crippen LogP) is -0.578. The number of allylic oxidation sites excluding steroid dienone is 2. The number of amides is 1. The Morgan fingerprint density at radius 2 is 2.07 bits per heavy atom. The molecule has 0 unspecified atom stereocenters. The summed E-state index contributed by atoms with van der Waals surface area (Å²) in [5, 5.41) is 10.5. The molecule has 2 atom stereocenters. The number of carbonyl (C=O) groups excluding carboxylic acids is 1. The Kier molecular flexibility index (Phi) is 6.47. The lowest BCUT2D eigenvalue weighted by atomic mass is 10.0. The number of alkyl halides is 1. The van der Waals surface area contributed by atoms with Crippen molar-refractivity contribution in [3.8, 4) is 0 Å². The topological polar surface area (TPSA) is 176 Å². The summed E-state index contributed by atoms with van der Waals surface area (Å²) in [5.41, 5.74) is 22.8. The van der Waals surface area contributed by atoms with E-state index in [9.17, 15) is 9.18 Å². The molecule has 1 fully saturated rings. The second-order valence-corrected chi connectivity index (χ2v) is 6.14. The van der Waals surface area contributed by atoms with Crippen LogP contribution >= 0.6 is 0 Å². The van der Waals surface area contributed by atoms with Gasteiger partial charge in [0, 0.05) is 19.0 Å². The van der Waals surface area contributed by atoms with Crippen molar-refractivity contribution < 1.29 is 9.18 Å². The maximum atomic E-state index is 14.8. The average molecular weight is 376 g/mol. The van der Waals surface area contributed by atoms with Crippen LogP contribution in [-0.2, 0) is 4.79 Å². The normalized spacial score (nSPS) is 21.2. The summed E-state index contributed by atoms with van der Waals surface area (Å²) < 4.78 is 14.8. The zero-order valence-electron chi connectivity index (χ0n) is 14.8. The number of likely N-dealkylation sites (tertiary alicyclic amines) is 1. The number of carbonyl (C=O) groups is 1. The van der Waals surface area contributed by atoms with Crippen molar-refractivity contribution in [3.05, 3.63) is 53.4 Å². The fourth-order valence-corrected chi connectivity index (χ4v) is 2.83. The van der Waals surface area contributed by atoms with Gasteiger partial charge < -0.3 is 43.5 Å². The Hall–Kier alpha value is -3.43.